The van der Waals surface area contributed by atoms with Crippen LogP contribution in [0.1, 0.15) is 39.9 Å². The van der Waals surface area contributed by atoms with Crippen molar-refractivity contribution in [3.05, 3.63) is 64.7 Å². The summed E-state index contributed by atoms with van der Waals surface area (Å²) < 4.78 is 0. The van der Waals surface area contributed by atoms with Gasteiger partial charge < -0.3 is 10.2 Å². The van der Waals surface area contributed by atoms with Gasteiger partial charge in [0.15, 0.2) is 0 Å². The molecular weight excluding hydrogens is 312 g/mol. The number of carbonyl (C=O) groups is 2. The molecule has 1 heterocycles. The van der Waals surface area contributed by atoms with Crippen molar-refractivity contribution in [1.82, 2.24) is 4.90 Å². The number of nitrogens with one attached hydrogen (secondary N) is 1. The van der Waals surface area contributed by atoms with Crippen LogP contribution in [0.15, 0.2) is 42.5 Å². The van der Waals surface area contributed by atoms with Gasteiger partial charge in [0, 0.05) is 30.3 Å². The molecule has 1 aliphatic heterocycles. The molecule has 2 amide bonds. The molecule has 0 aromatic heterocycles. The summed E-state index contributed by atoms with van der Waals surface area (Å²) in [7, 11) is 0. The second kappa shape index (κ2) is 6.36. The van der Waals surface area contributed by atoms with Gasteiger partial charge in [-0.2, -0.15) is 0 Å². The molecule has 1 aliphatic carbocycles. The van der Waals surface area contributed by atoms with Gasteiger partial charge in [-0.3, -0.25) is 9.59 Å². The Morgan fingerprint density at radius 2 is 1.88 bits per heavy atom. The van der Waals surface area contributed by atoms with E-state index in [9.17, 15) is 9.59 Å². The number of hydrogen-bond acceptors (Lipinski definition) is 2. The minimum atomic E-state index is -0.0974. The molecule has 128 valence electrons. The topological polar surface area (TPSA) is 49.4 Å². The third-order valence-corrected chi connectivity index (χ3v) is 5.10. The lowest BCUT2D eigenvalue weighted by Crippen LogP contribution is -2.36. The maximum Gasteiger partial charge on any atom is 0.255 e. The number of fused-ring (bicyclic) bond motifs is 1. The largest absolute Gasteiger partial charge is 0.338 e. The minimum absolute atomic E-state index is 0.0974. The lowest BCUT2D eigenvalue weighted by molar-refractivity contribution is -0.133. The summed E-state index contributed by atoms with van der Waals surface area (Å²) in [5, 5.41) is 2.99. The number of hydrogen-bond donors (Lipinski definition) is 1. The molecular formula is C21H22N2O2. The van der Waals surface area contributed by atoms with Crippen LogP contribution in [0.5, 0.6) is 0 Å². The van der Waals surface area contributed by atoms with Gasteiger partial charge in [-0.25, -0.2) is 0 Å². The normalized spacial score (nSPS) is 16.3. The van der Waals surface area contributed by atoms with Gasteiger partial charge in [0.25, 0.3) is 5.91 Å². The smallest absolute Gasteiger partial charge is 0.255 e. The van der Waals surface area contributed by atoms with Crippen LogP contribution in [0, 0.1) is 12.8 Å². The van der Waals surface area contributed by atoms with E-state index in [1.807, 2.05) is 48.2 Å². The lowest BCUT2D eigenvalue weighted by Gasteiger charge is -2.29. The average molecular weight is 334 g/mol. The Hall–Kier alpha value is -2.62. The molecule has 2 aromatic rings. The summed E-state index contributed by atoms with van der Waals surface area (Å²) in [6, 6.07) is 13.6. The van der Waals surface area contributed by atoms with Crippen LogP contribution in [0.4, 0.5) is 5.69 Å². The van der Waals surface area contributed by atoms with Crippen molar-refractivity contribution in [3.63, 3.8) is 0 Å². The molecule has 2 aliphatic rings. The van der Waals surface area contributed by atoms with Crippen molar-refractivity contribution in [2.24, 2.45) is 5.92 Å². The lowest BCUT2D eigenvalue weighted by atomic mass is 9.98. The van der Waals surface area contributed by atoms with E-state index in [-0.39, 0.29) is 11.8 Å². The van der Waals surface area contributed by atoms with Crippen LogP contribution in [0.25, 0.3) is 0 Å². The zero-order valence-electron chi connectivity index (χ0n) is 14.4. The summed E-state index contributed by atoms with van der Waals surface area (Å²) in [5.74, 6) is 0.449. The highest BCUT2D eigenvalue weighted by molar-refractivity contribution is 6.05. The van der Waals surface area contributed by atoms with Crippen LogP contribution < -0.4 is 5.32 Å². The maximum absolute atomic E-state index is 12.5. The van der Waals surface area contributed by atoms with Gasteiger partial charge in [-0.15, -0.1) is 0 Å². The summed E-state index contributed by atoms with van der Waals surface area (Å²) in [6.45, 7) is 3.39. The van der Waals surface area contributed by atoms with E-state index >= 15 is 0 Å². The highest BCUT2D eigenvalue weighted by Crippen LogP contribution is 2.33. The highest BCUT2D eigenvalue weighted by atomic mass is 16.2. The number of carbonyl (C=O) groups excluding carboxylic acids is 2. The quantitative estimate of drug-likeness (QED) is 0.933. The number of amides is 2. The molecule has 0 atom stereocenters. The number of nitrogens with zero attached hydrogens (tertiary/aromatic N) is 1. The number of rotatable bonds is 3. The zero-order valence-corrected chi connectivity index (χ0v) is 14.4. The Morgan fingerprint density at radius 1 is 1.08 bits per heavy atom. The maximum atomic E-state index is 12.5. The van der Waals surface area contributed by atoms with E-state index in [1.165, 1.54) is 5.56 Å². The van der Waals surface area contributed by atoms with E-state index in [2.05, 4.69) is 11.4 Å². The fourth-order valence-corrected chi connectivity index (χ4v) is 3.44. The van der Waals surface area contributed by atoms with Crippen molar-refractivity contribution >= 4 is 17.5 Å². The molecule has 1 fully saturated rings. The third-order valence-electron chi connectivity index (χ3n) is 5.10. The minimum Gasteiger partial charge on any atom is -0.338 e. The van der Waals surface area contributed by atoms with Crippen molar-refractivity contribution in [2.45, 2.75) is 32.7 Å². The molecule has 1 saturated carbocycles. The molecule has 25 heavy (non-hydrogen) atoms. The zero-order chi connectivity index (χ0) is 17.4. The first-order valence-corrected chi connectivity index (χ1v) is 8.89. The van der Waals surface area contributed by atoms with Gasteiger partial charge in [-0.1, -0.05) is 24.3 Å². The van der Waals surface area contributed by atoms with E-state index in [0.29, 0.717) is 18.0 Å². The van der Waals surface area contributed by atoms with Crippen LogP contribution in [-0.2, 0) is 17.8 Å². The first kappa shape index (κ1) is 15.9. The number of anilines is 1. The van der Waals surface area contributed by atoms with E-state index in [0.717, 1.165) is 42.6 Å². The number of aryl methyl sites for hydroxylation is 1. The van der Waals surface area contributed by atoms with Gasteiger partial charge in [-0.05, 0) is 61.1 Å². The van der Waals surface area contributed by atoms with Crippen molar-refractivity contribution in [2.75, 3.05) is 11.9 Å². The molecule has 4 rings (SSSR count). The van der Waals surface area contributed by atoms with E-state index < -0.39 is 0 Å². The predicted molar refractivity (Wildman–Crippen MR) is 97.4 cm³/mol. The van der Waals surface area contributed by atoms with E-state index in [4.69, 9.17) is 0 Å². The first-order chi connectivity index (χ1) is 12.1. The Bertz CT molecular complexity index is 840. The molecule has 0 spiro atoms. The molecule has 4 heteroatoms. The van der Waals surface area contributed by atoms with Crippen molar-refractivity contribution < 1.29 is 9.59 Å². The Morgan fingerprint density at radius 3 is 2.64 bits per heavy atom. The monoisotopic (exact) mass is 334 g/mol. The first-order valence-electron chi connectivity index (χ1n) is 8.89. The van der Waals surface area contributed by atoms with Gasteiger partial charge in [0.1, 0.15) is 0 Å². The summed E-state index contributed by atoms with van der Waals surface area (Å²) >= 11 is 0. The van der Waals surface area contributed by atoms with Crippen LogP contribution in [0.2, 0.25) is 0 Å². The van der Waals surface area contributed by atoms with Crippen LogP contribution in [-0.4, -0.2) is 23.3 Å². The van der Waals surface area contributed by atoms with Gasteiger partial charge in [0.2, 0.25) is 5.91 Å². The summed E-state index contributed by atoms with van der Waals surface area (Å²) in [4.78, 5) is 26.8. The highest BCUT2D eigenvalue weighted by Gasteiger charge is 2.34. The molecule has 1 N–H and O–H groups in total. The second-order valence-corrected chi connectivity index (χ2v) is 7.04. The second-order valence-electron chi connectivity index (χ2n) is 7.04. The summed E-state index contributed by atoms with van der Waals surface area (Å²) in [6.07, 6.45) is 2.96. The molecule has 4 nitrogen and oxygen atoms in total. The van der Waals surface area contributed by atoms with Crippen molar-refractivity contribution in [1.29, 1.82) is 0 Å². The SMILES string of the molecule is Cc1ccccc1C(=O)Nc1ccc2c(c1)CN(C(=O)C1CC1)CC2. The van der Waals surface area contributed by atoms with Gasteiger partial charge in [0.05, 0.1) is 0 Å². The number of benzene rings is 2. The average Bonchev–Trinajstić information content (AvgIpc) is 3.46. The Balaban J connectivity index is 1.51. The fraction of sp³-hybridized carbons (Fsp3) is 0.333. The third kappa shape index (κ3) is 3.29. The standard InChI is InChI=1S/C21H22N2O2/c1-14-4-2-3-5-19(14)20(24)22-18-9-8-15-10-11-23(13-17(15)12-18)21(25)16-6-7-16/h2-5,8-9,12,16H,6-7,10-11,13H2,1H3,(H,22,24). The van der Waals surface area contributed by atoms with Crippen LogP contribution in [0.3, 0.4) is 0 Å². The molecule has 0 unspecified atom stereocenters. The summed E-state index contributed by atoms with van der Waals surface area (Å²) in [5.41, 5.74) is 4.84. The predicted octanol–water partition coefficient (Wildman–Crippen LogP) is 3.54. The Labute approximate surface area is 147 Å². The molecule has 2 aromatic carbocycles. The van der Waals surface area contributed by atoms with Crippen LogP contribution >= 0.6 is 0 Å². The van der Waals surface area contributed by atoms with Crippen molar-refractivity contribution in [3.8, 4) is 0 Å². The van der Waals surface area contributed by atoms with E-state index in [1.54, 1.807) is 0 Å². The fourth-order valence-electron chi connectivity index (χ4n) is 3.44. The molecule has 0 bridgehead atoms. The van der Waals surface area contributed by atoms with Gasteiger partial charge >= 0.3 is 0 Å². The molecule has 0 saturated heterocycles. The Kier molecular flexibility index (Phi) is 4.04. The molecule has 0 radical (unpaired) electrons.